The molecule has 1 amide bonds. The third-order valence-corrected chi connectivity index (χ3v) is 5.13. The minimum absolute atomic E-state index is 0.0610. The molecule has 1 aliphatic carbocycles. The van der Waals surface area contributed by atoms with Crippen LogP contribution in [0.15, 0.2) is 0 Å². The Kier molecular flexibility index (Phi) is 3.71. The highest BCUT2D eigenvalue weighted by molar-refractivity contribution is 5.78. The number of carboxylic acid groups (broad SMARTS) is 1. The lowest BCUT2D eigenvalue weighted by Gasteiger charge is -2.30. The van der Waals surface area contributed by atoms with E-state index in [-0.39, 0.29) is 23.8 Å². The van der Waals surface area contributed by atoms with Crippen LogP contribution in [0.5, 0.6) is 0 Å². The van der Waals surface area contributed by atoms with Gasteiger partial charge in [-0.05, 0) is 37.0 Å². The number of carbonyl (C=O) groups excluding carboxylic acids is 1. The number of carbonyl (C=O) groups is 2. The standard InChI is InChI=1S/C15H23NO4/c1-9-2-3-10(20-8-9)6-13(17)16-5-4-11-12(7-16)14(11)15(18)19/h9-12,14H,2-8H2,1H3,(H,18,19)/t9-,10+,11+,12-,14+/m1/s1. The van der Waals surface area contributed by atoms with Gasteiger partial charge in [0.25, 0.3) is 0 Å². The molecule has 5 nitrogen and oxygen atoms in total. The second-order valence-corrected chi connectivity index (χ2v) is 6.66. The monoisotopic (exact) mass is 281 g/mol. The molecule has 0 unspecified atom stereocenters. The number of nitrogens with zero attached hydrogens (tertiary/aromatic N) is 1. The van der Waals surface area contributed by atoms with E-state index in [9.17, 15) is 9.59 Å². The minimum Gasteiger partial charge on any atom is -0.481 e. The van der Waals surface area contributed by atoms with Gasteiger partial charge in [-0.15, -0.1) is 0 Å². The first-order chi connectivity index (χ1) is 9.56. The van der Waals surface area contributed by atoms with Crippen LogP contribution >= 0.6 is 0 Å². The Morgan fingerprint density at radius 1 is 1.25 bits per heavy atom. The fourth-order valence-corrected chi connectivity index (χ4v) is 3.75. The maximum atomic E-state index is 12.3. The summed E-state index contributed by atoms with van der Waals surface area (Å²) < 4.78 is 5.71. The Labute approximate surface area is 119 Å². The lowest BCUT2D eigenvalue weighted by Crippen LogP contribution is -2.39. The first-order valence-corrected chi connectivity index (χ1v) is 7.68. The molecule has 2 aliphatic heterocycles. The van der Waals surface area contributed by atoms with Crippen molar-refractivity contribution in [1.29, 1.82) is 0 Å². The maximum absolute atomic E-state index is 12.3. The molecule has 2 saturated heterocycles. The van der Waals surface area contributed by atoms with Gasteiger partial charge in [-0.25, -0.2) is 0 Å². The molecule has 5 atom stereocenters. The van der Waals surface area contributed by atoms with E-state index in [4.69, 9.17) is 9.84 Å². The van der Waals surface area contributed by atoms with Crippen molar-refractivity contribution in [3.63, 3.8) is 0 Å². The first-order valence-electron chi connectivity index (χ1n) is 7.68. The van der Waals surface area contributed by atoms with Crippen LogP contribution in [0.2, 0.25) is 0 Å². The number of likely N-dealkylation sites (tertiary alicyclic amines) is 1. The zero-order valence-electron chi connectivity index (χ0n) is 12.0. The smallest absolute Gasteiger partial charge is 0.307 e. The molecule has 112 valence electrons. The number of amides is 1. The molecule has 1 N–H and O–H groups in total. The van der Waals surface area contributed by atoms with E-state index in [1.807, 2.05) is 4.90 Å². The largest absolute Gasteiger partial charge is 0.481 e. The summed E-state index contributed by atoms with van der Waals surface area (Å²) in [5.41, 5.74) is 0. The maximum Gasteiger partial charge on any atom is 0.307 e. The van der Waals surface area contributed by atoms with Gasteiger partial charge in [0.1, 0.15) is 0 Å². The highest BCUT2D eigenvalue weighted by Crippen LogP contribution is 2.51. The topological polar surface area (TPSA) is 66.8 Å². The van der Waals surface area contributed by atoms with Gasteiger partial charge in [0, 0.05) is 19.7 Å². The summed E-state index contributed by atoms with van der Waals surface area (Å²) in [4.78, 5) is 25.2. The van der Waals surface area contributed by atoms with E-state index < -0.39 is 5.97 Å². The molecule has 0 aromatic carbocycles. The van der Waals surface area contributed by atoms with E-state index in [2.05, 4.69) is 6.92 Å². The summed E-state index contributed by atoms with van der Waals surface area (Å²) in [6.07, 6.45) is 3.46. The van der Waals surface area contributed by atoms with Crippen molar-refractivity contribution in [3.05, 3.63) is 0 Å². The fraction of sp³-hybridized carbons (Fsp3) is 0.867. The molecule has 2 heterocycles. The van der Waals surface area contributed by atoms with Crippen molar-refractivity contribution in [3.8, 4) is 0 Å². The highest BCUT2D eigenvalue weighted by atomic mass is 16.5. The van der Waals surface area contributed by atoms with Crippen LogP contribution in [-0.2, 0) is 14.3 Å². The molecule has 0 spiro atoms. The predicted octanol–water partition coefficient (Wildman–Crippen LogP) is 1.37. The zero-order chi connectivity index (χ0) is 14.3. The first kappa shape index (κ1) is 13.9. The molecule has 5 heteroatoms. The Balaban J connectivity index is 1.48. The minimum atomic E-state index is -0.695. The Morgan fingerprint density at radius 2 is 2.05 bits per heavy atom. The number of hydrogen-bond donors (Lipinski definition) is 1. The lowest BCUT2D eigenvalue weighted by molar-refractivity contribution is -0.140. The van der Waals surface area contributed by atoms with Crippen molar-refractivity contribution in [1.82, 2.24) is 4.90 Å². The number of fused-ring (bicyclic) bond motifs is 1. The van der Waals surface area contributed by atoms with Gasteiger partial charge in [0.05, 0.1) is 18.4 Å². The van der Waals surface area contributed by atoms with Crippen molar-refractivity contribution in [2.75, 3.05) is 19.7 Å². The van der Waals surface area contributed by atoms with Gasteiger partial charge >= 0.3 is 5.97 Å². The summed E-state index contributed by atoms with van der Waals surface area (Å²) in [6.45, 7) is 4.27. The molecule has 20 heavy (non-hydrogen) atoms. The van der Waals surface area contributed by atoms with Gasteiger partial charge in [0.2, 0.25) is 5.91 Å². The highest BCUT2D eigenvalue weighted by Gasteiger charge is 2.57. The summed E-state index contributed by atoms with van der Waals surface area (Å²) in [5.74, 6) is 0.332. The number of ether oxygens (including phenoxy) is 1. The molecule has 3 aliphatic rings. The molecular formula is C15H23NO4. The zero-order valence-corrected chi connectivity index (χ0v) is 12.0. The predicted molar refractivity (Wildman–Crippen MR) is 72.1 cm³/mol. The molecule has 1 saturated carbocycles. The molecular weight excluding hydrogens is 258 g/mol. The van der Waals surface area contributed by atoms with Gasteiger partial charge in [-0.2, -0.15) is 0 Å². The van der Waals surface area contributed by atoms with Crippen LogP contribution in [0.4, 0.5) is 0 Å². The lowest BCUT2D eigenvalue weighted by atomic mass is 9.98. The fourth-order valence-electron chi connectivity index (χ4n) is 3.75. The third-order valence-electron chi connectivity index (χ3n) is 5.13. The summed E-state index contributed by atoms with van der Waals surface area (Å²) >= 11 is 0. The van der Waals surface area contributed by atoms with Crippen molar-refractivity contribution in [2.45, 2.75) is 38.7 Å². The Morgan fingerprint density at radius 3 is 2.70 bits per heavy atom. The number of hydrogen-bond acceptors (Lipinski definition) is 3. The van der Waals surface area contributed by atoms with Gasteiger partial charge in [-0.3, -0.25) is 9.59 Å². The van der Waals surface area contributed by atoms with Gasteiger partial charge in [-0.1, -0.05) is 6.92 Å². The van der Waals surface area contributed by atoms with E-state index in [0.717, 1.165) is 25.9 Å². The SMILES string of the molecule is C[C@@H]1CC[C@@H](CC(=O)N2CC[C@H]3[C@@H](C2)[C@H]3C(=O)O)OC1. The summed E-state index contributed by atoms with van der Waals surface area (Å²) in [5, 5.41) is 9.07. The average Bonchev–Trinajstić information content (AvgIpc) is 3.14. The summed E-state index contributed by atoms with van der Waals surface area (Å²) in [7, 11) is 0. The number of piperidine rings is 1. The second kappa shape index (κ2) is 5.35. The van der Waals surface area contributed by atoms with Crippen molar-refractivity contribution >= 4 is 11.9 Å². The van der Waals surface area contributed by atoms with Crippen LogP contribution in [0, 0.1) is 23.7 Å². The van der Waals surface area contributed by atoms with Gasteiger partial charge in [0.15, 0.2) is 0 Å². The van der Waals surface area contributed by atoms with Crippen LogP contribution in [0.25, 0.3) is 0 Å². The third kappa shape index (κ3) is 2.68. The number of carboxylic acids is 1. The van der Waals surface area contributed by atoms with Crippen LogP contribution in [-0.4, -0.2) is 47.7 Å². The van der Waals surface area contributed by atoms with E-state index in [1.165, 1.54) is 0 Å². The van der Waals surface area contributed by atoms with Gasteiger partial charge < -0.3 is 14.7 Å². The van der Waals surface area contributed by atoms with Crippen molar-refractivity contribution < 1.29 is 19.4 Å². The molecule has 0 radical (unpaired) electrons. The Hall–Kier alpha value is -1.10. The van der Waals surface area contributed by atoms with Crippen LogP contribution in [0.1, 0.15) is 32.6 Å². The summed E-state index contributed by atoms with van der Waals surface area (Å²) in [6, 6.07) is 0. The molecule has 0 bridgehead atoms. The average molecular weight is 281 g/mol. The van der Waals surface area contributed by atoms with Crippen LogP contribution in [0.3, 0.4) is 0 Å². The Bertz CT molecular complexity index is 403. The molecule has 3 fully saturated rings. The number of rotatable bonds is 3. The molecule has 0 aromatic heterocycles. The molecule has 0 aromatic rings. The normalized spacial score (nSPS) is 40.0. The van der Waals surface area contributed by atoms with E-state index in [1.54, 1.807) is 0 Å². The van der Waals surface area contributed by atoms with E-state index >= 15 is 0 Å². The number of aliphatic carboxylic acids is 1. The van der Waals surface area contributed by atoms with E-state index in [0.29, 0.717) is 31.3 Å². The quantitative estimate of drug-likeness (QED) is 0.848. The second-order valence-electron chi connectivity index (χ2n) is 6.66. The molecule has 3 rings (SSSR count). The van der Waals surface area contributed by atoms with Crippen LogP contribution < -0.4 is 0 Å². The van der Waals surface area contributed by atoms with Crippen molar-refractivity contribution in [2.24, 2.45) is 23.7 Å².